The zero-order valence-corrected chi connectivity index (χ0v) is 20.0. The van der Waals surface area contributed by atoms with E-state index in [0.717, 1.165) is 11.4 Å². The van der Waals surface area contributed by atoms with Gasteiger partial charge in [0.1, 0.15) is 36.7 Å². The molecule has 2 fully saturated rings. The molecule has 37 heavy (non-hydrogen) atoms. The highest BCUT2D eigenvalue weighted by Gasteiger charge is 2.50. The number of nitrogens with zero attached hydrogens (tertiary/aromatic N) is 8. The number of thiocarbonyl (C=S) groups is 1. The largest absolute Gasteiger partial charge is 0.423 e. The van der Waals surface area contributed by atoms with Crippen LogP contribution in [0.2, 0.25) is 0 Å². The first-order valence-electron chi connectivity index (χ1n) is 11.4. The molecule has 0 bridgehead atoms. The first-order valence-corrected chi connectivity index (χ1v) is 11.8. The minimum Gasteiger partial charge on any atom is -0.423 e. The van der Waals surface area contributed by atoms with Crippen LogP contribution in [0.5, 0.6) is 11.8 Å². The average Bonchev–Trinajstić information content (AvgIpc) is 3.71. The number of fused-ring (bicyclic) bond motifs is 1. The number of ether oxygens (including phenoxy) is 3. The summed E-state index contributed by atoms with van der Waals surface area (Å²) in [6, 6.07) is 16.3. The lowest BCUT2D eigenvalue weighted by Gasteiger charge is -2.20. The molecule has 2 aromatic carbocycles. The summed E-state index contributed by atoms with van der Waals surface area (Å²) in [5.74, 6) is 0.569. The van der Waals surface area contributed by atoms with E-state index < -0.39 is 0 Å². The molecule has 0 spiro atoms. The van der Waals surface area contributed by atoms with Crippen LogP contribution in [0, 0.1) is 11.3 Å². The molecule has 2 aliphatic heterocycles. The zero-order valence-electron chi connectivity index (χ0n) is 19.2. The van der Waals surface area contributed by atoms with Gasteiger partial charge in [0, 0.05) is 5.69 Å². The molecule has 4 heterocycles. The molecule has 0 amide bonds. The Labute approximate surface area is 216 Å². The van der Waals surface area contributed by atoms with Gasteiger partial charge < -0.3 is 24.8 Å². The van der Waals surface area contributed by atoms with Gasteiger partial charge in [0.2, 0.25) is 0 Å². The predicted octanol–water partition coefficient (Wildman–Crippen LogP) is 1.61. The van der Waals surface area contributed by atoms with Crippen molar-refractivity contribution in [1.82, 2.24) is 40.3 Å². The first-order chi connectivity index (χ1) is 18.2. The molecule has 2 saturated heterocycles. The summed E-state index contributed by atoms with van der Waals surface area (Å²) in [5.41, 5.74) is 2.12. The molecule has 0 aliphatic carbocycles. The Morgan fingerprint density at radius 2 is 2.00 bits per heavy atom. The van der Waals surface area contributed by atoms with Crippen LogP contribution in [0.4, 0.5) is 5.69 Å². The molecule has 2 N–H and O–H groups in total. The third kappa shape index (κ3) is 4.70. The van der Waals surface area contributed by atoms with Crippen molar-refractivity contribution in [1.29, 1.82) is 5.26 Å². The lowest BCUT2D eigenvalue weighted by Crippen LogP contribution is -2.45. The summed E-state index contributed by atoms with van der Waals surface area (Å²) >= 11 is 5.47. The lowest BCUT2D eigenvalue weighted by atomic mass is 10.1. The minimum absolute atomic E-state index is 0.167. The Morgan fingerprint density at radius 1 is 1.14 bits per heavy atom. The number of rotatable bonds is 6. The number of hydrogen-bond donors (Lipinski definition) is 2. The highest BCUT2D eigenvalue weighted by Crippen LogP contribution is 2.36. The van der Waals surface area contributed by atoms with Crippen LogP contribution in [-0.2, 0) is 9.47 Å². The molecule has 6 rings (SSSR count). The molecule has 4 aromatic rings. The molecular weight excluding hydrogens is 496 g/mol. The van der Waals surface area contributed by atoms with Crippen molar-refractivity contribution >= 4 is 23.0 Å². The fraction of sp³-hybridized carbons (Fsp3) is 0.261. The van der Waals surface area contributed by atoms with Gasteiger partial charge in [0.15, 0.2) is 5.11 Å². The molecule has 2 aromatic heterocycles. The Bertz CT molecular complexity index is 1440. The second-order valence-electron chi connectivity index (χ2n) is 8.40. The standard InChI is InChI=1S/C23H20N10O3S/c24-9-14-2-1-3-15(8-14)27-22(37)28-18-10-34-21-19(11-35-20(18)21)33-23(29-30-31-33)36-17-6-4-16(5-7-17)32-13-25-12-26-32/h1-8,12-13,18-21H,10-11H2,(H2,27,28,37)/t18-,19-,20+,21+/m0/s1. The van der Waals surface area contributed by atoms with Crippen LogP contribution in [0.1, 0.15) is 11.6 Å². The Balaban J connectivity index is 1.09. The van der Waals surface area contributed by atoms with E-state index in [9.17, 15) is 0 Å². The second kappa shape index (κ2) is 9.90. The molecular formula is C23H20N10O3S. The van der Waals surface area contributed by atoms with E-state index in [2.05, 4.69) is 42.3 Å². The zero-order chi connectivity index (χ0) is 25.2. The predicted molar refractivity (Wildman–Crippen MR) is 132 cm³/mol. The van der Waals surface area contributed by atoms with Gasteiger partial charge >= 0.3 is 6.01 Å². The van der Waals surface area contributed by atoms with Crippen molar-refractivity contribution in [2.75, 3.05) is 18.5 Å². The summed E-state index contributed by atoms with van der Waals surface area (Å²) in [5, 5.41) is 32.0. The number of aromatic nitrogens is 7. The lowest BCUT2D eigenvalue weighted by molar-refractivity contribution is 0.0615. The van der Waals surface area contributed by atoms with Crippen LogP contribution in [0.25, 0.3) is 5.69 Å². The fourth-order valence-electron chi connectivity index (χ4n) is 4.39. The van der Waals surface area contributed by atoms with Crippen molar-refractivity contribution in [3.05, 3.63) is 66.7 Å². The van der Waals surface area contributed by atoms with Crippen LogP contribution >= 0.6 is 12.2 Å². The Morgan fingerprint density at radius 3 is 2.81 bits per heavy atom. The smallest absolute Gasteiger partial charge is 0.341 e. The molecule has 186 valence electrons. The van der Waals surface area contributed by atoms with Crippen molar-refractivity contribution in [2.45, 2.75) is 24.3 Å². The van der Waals surface area contributed by atoms with Gasteiger partial charge in [-0.3, -0.25) is 0 Å². The van der Waals surface area contributed by atoms with E-state index in [-0.39, 0.29) is 30.3 Å². The SMILES string of the molecule is N#Cc1cccc(NC(=S)N[C@H]2CO[C@H]3[C@@H]2OC[C@@H]3n2nnnc2Oc2ccc(-n3cncn3)cc2)c1. The van der Waals surface area contributed by atoms with E-state index >= 15 is 0 Å². The number of nitriles is 1. The molecule has 4 atom stereocenters. The van der Waals surface area contributed by atoms with Crippen molar-refractivity contribution in [3.63, 3.8) is 0 Å². The molecule has 14 heteroatoms. The fourth-order valence-corrected chi connectivity index (χ4v) is 4.66. The number of benzene rings is 2. The maximum absolute atomic E-state index is 9.09. The highest BCUT2D eigenvalue weighted by atomic mass is 32.1. The molecule has 0 radical (unpaired) electrons. The van der Waals surface area contributed by atoms with Gasteiger partial charge in [-0.05, 0) is 65.1 Å². The number of anilines is 1. The van der Waals surface area contributed by atoms with Gasteiger partial charge in [-0.1, -0.05) is 11.2 Å². The number of tetrazole rings is 1. The van der Waals surface area contributed by atoms with Crippen LogP contribution < -0.4 is 15.4 Å². The minimum atomic E-state index is -0.289. The highest BCUT2D eigenvalue weighted by molar-refractivity contribution is 7.80. The topological polar surface area (TPSA) is 150 Å². The maximum Gasteiger partial charge on any atom is 0.341 e. The van der Waals surface area contributed by atoms with Crippen LogP contribution in [0.15, 0.2) is 61.2 Å². The summed E-state index contributed by atoms with van der Waals surface area (Å²) < 4.78 is 21.3. The molecule has 2 aliphatic rings. The Hall–Kier alpha value is -4.45. The third-order valence-corrected chi connectivity index (χ3v) is 6.32. The quantitative estimate of drug-likeness (QED) is 0.358. The van der Waals surface area contributed by atoms with Gasteiger partial charge in [0.25, 0.3) is 0 Å². The van der Waals surface area contributed by atoms with Crippen molar-refractivity contribution in [3.8, 4) is 23.5 Å². The monoisotopic (exact) mass is 516 g/mol. The first kappa shape index (κ1) is 23.0. The Kier molecular flexibility index (Phi) is 6.15. The third-order valence-electron chi connectivity index (χ3n) is 6.10. The summed E-state index contributed by atoms with van der Waals surface area (Å²) in [6.45, 7) is 0.749. The van der Waals surface area contributed by atoms with Crippen LogP contribution in [-0.4, -0.2) is 71.5 Å². The maximum atomic E-state index is 9.09. The van der Waals surface area contributed by atoms with Crippen molar-refractivity contribution in [2.24, 2.45) is 0 Å². The summed E-state index contributed by atoms with van der Waals surface area (Å²) in [7, 11) is 0. The van der Waals surface area contributed by atoms with E-state index in [4.69, 9.17) is 31.7 Å². The van der Waals surface area contributed by atoms with Crippen LogP contribution in [0.3, 0.4) is 0 Å². The average molecular weight is 517 g/mol. The van der Waals surface area contributed by atoms with Gasteiger partial charge in [-0.15, -0.1) is 0 Å². The molecule has 13 nitrogen and oxygen atoms in total. The summed E-state index contributed by atoms with van der Waals surface area (Å²) in [6.07, 6.45) is 2.54. The van der Waals surface area contributed by atoms with Crippen molar-refractivity contribution < 1.29 is 14.2 Å². The van der Waals surface area contributed by atoms with E-state index in [1.807, 2.05) is 18.2 Å². The number of hydrogen-bond acceptors (Lipinski definition) is 10. The van der Waals surface area contributed by atoms with E-state index in [1.165, 1.54) is 6.33 Å². The van der Waals surface area contributed by atoms with Gasteiger partial charge in [-0.25, -0.2) is 9.67 Å². The molecule has 0 unspecified atom stereocenters. The molecule has 0 saturated carbocycles. The van der Waals surface area contributed by atoms with E-state index in [1.54, 1.807) is 46.0 Å². The normalized spacial score (nSPS) is 22.2. The number of nitrogens with one attached hydrogen (secondary N) is 2. The second-order valence-corrected chi connectivity index (χ2v) is 8.81. The van der Waals surface area contributed by atoms with Gasteiger partial charge in [0.05, 0.1) is 36.6 Å². The summed E-state index contributed by atoms with van der Waals surface area (Å²) in [4.78, 5) is 3.95. The van der Waals surface area contributed by atoms with E-state index in [0.29, 0.717) is 29.6 Å². The van der Waals surface area contributed by atoms with Gasteiger partial charge in [-0.2, -0.15) is 15.0 Å².